The van der Waals surface area contributed by atoms with Crippen molar-refractivity contribution in [2.24, 2.45) is 0 Å². The SMILES string of the molecule is C=C(O)/C=C\C/C=C\CC. The summed E-state index contributed by atoms with van der Waals surface area (Å²) in [4.78, 5) is 0. The fourth-order valence-electron chi connectivity index (χ4n) is 0.546. The molecule has 0 radical (unpaired) electrons. The summed E-state index contributed by atoms with van der Waals surface area (Å²) in [5, 5.41) is 8.60. The molecule has 0 heterocycles. The normalized spacial score (nSPS) is 11.3. The van der Waals surface area contributed by atoms with Crippen LogP contribution in [0, 0.1) is 0 Å². The van der Waals surface area contributed by atoms with Gasteiger partial charge in [0.25, 0.3) is 0 Å². The minimum absolute atomic E-state index is 0.116. The quantitative estimate of drug-likeness (QED) is 0.359. The van der Waals surface area contributed by atoms with Crippen LogP contribution >= 0.6 is 0 Å². The Labute approximate surface area is 62.4 Å². The van der Waals surface area contributed by atoms with Crippen molar-refractivity contribution in [3.05, 3.63) is 36.6 Å². The lowest BCUT2D eigenvalue weighted by Crippen LogP contribution is -1.66. The maximum Gasteiger partial charge on any atom is 0.108 e. The van der Waals surface area contributed by atoms with Crippen LogP contribution < -0.4 is 0 Å². The van der Waals surface area contributed by atoms with Crippen molar-refractivity contribution in [3.63, 3.8) is 0 Å². The molecule has 0 aliphatic rings. The predicted molar refractivity (Wildman–Crippen MR) is 45.0 cm³/mol. The van der Waals surface area contributed by atoms with E-state index in [0.717, 1.165) is 12.8 Å². The molecule has 0 spiro atoms. The monoisotopic (exact) mass is 138 g/mol. The highest BCUT2D eigenvalue weighted by molar-refractivity contribution is 5.06. The molecule has 0 bridgehead atoms. The number of rotatable bonds is 4. The van der Waals surface area contributed by atoms with Crippen LogP contribution in [0.15, 0.2) is 36.6 Å². The molecule has 0 unspecified atom stereocenters. The van der Waals surface area contributed by atoms with Gasteiger partial charge in [0.05, 0.1) is 0 Å². The number of hydrogen-bond donors (Lipinski definition) is 1. The molecule has 1 N–H and O–H groups in total. The van der Waals surface area contributed by atoms with Gasteiger partial charge in [-0.25, -0.2) is 0 Å². The summed E-state index contributed by atoms with van der Waals surface area (Å²) in [6, 6.07) is 0. The smallest absolute Gasteiger partial charge is 0.108 e. The Hall–Kier alpha value is -0.980. The lowest BCUT2D eigenvalue weighted by Gasteiger charge is -1.83. The van der Waals surface area contributed by atoms with Crippen LogP contribution in [-0.4, -0.2) is 5.11 Å². The summed E-state index contributed by atoms with van der Waals surface area (Å²) >= 11 is 0. The zero-order valence-corrected chi connectivity index (χ0v) is 6.38. The van der Waals surface area contributed by atoms with Crippen molar-refractivity contribution >= 4 is 0 Å². The molecule has 0 aromatic rings. The Kier molecular flexibility index (Phi) is 5.54. The van der Waals surface area contributed by atoms with E-state index in [2.05, 4.69) is 25.7 Å². The van der Waals surface area contributed by atoms with Crippen molar-refractivity contribution < 1.29 is 5.11 Å². The highest BCUT2D eigenvalue weighted by Crippen LogP contribution is 1.91. The van der Waals surface area contributed by atoms with Crippen LogP contribution in [0.2, 0.25) is 0 Å². The molecule has 56 valence electrons. The third kappa shape index (κ3) is 7.02. The molecule has 0 rings (SSSR count). The van der Waals surface area contributed by atoms with Gasteiger partial charge in [-0.15, -0.1) is 0 Å². The Balaban J connectivity index is 3.35. The Morgan fingerprint density at radius 2 is 2.10 bits per heavy atom. The second kappa shape index (κ2) is 6.14. The van der Waals surface area contributed by atoms with Gasteiger partial charge in [0.2, 0.25) is 0 Å². The van der Waals surface area contributed by atoms with Gasteiger partial charge >= 0.3 is 0 Å². The number of aliphatic hydroxyl groups is 1. The van der Waals surface area contributed by atoms with Gasteiger partial charge in [-0.2, -0.15) is 0 Å². The Morgan fingerprint density at radius 3 is 2.60 bits per heavy atom. The summed E-state index contributed by atoms with van der Waals surface area (Å²) in [7, 11) is 0. The third-order valence-electron chi connectivity index (χ3n) is 0.985. The molecule has 0 aliphatic heterocycles. The lowest BCUT2D eigenvalue weighted by molar-refractivity contribution is 0.435. The largest absolute Gasteiger partial charge is 0.509 e. The molecule has 0 saturated carbocycles. The van der Waals surface area contributed by atoms with Crippen LogP contribution in [-0.2, 0) is 0 Å². The molecular formula is C9H14O. The van der Waals surface area contributed by atoms with Gasteiger partial charge in [-0.1, -0.05) is 31.7 Å². The molecule has 1 heteroatoms. The van der Waals surface area contributed by atoms with Crippen LogP contribution in [0.1, 0.15) is 19.8 Å². The first-order chi connectivity index (χ1) is 4.77. The van der Waals surface area contributed by atoms with E-state index in [1.165, 1.54) is 0 Å². The molecule has 0 saturated heterocycles. The van der Waals surface area contributed by atoms with Crippen LogP contribution in [0.5, 0.6) is 0 Å². The van der Waals surface area contributed by atoms with Crippen molar-refractivity contribution in [1.82, 2.24) is 0 Å². The first kappa shape index (κ1) is 9.02. The van der Waals surface area contributed by atoms with Gasteiger partial charge in [0, 0.05) is 0 Å². The second-order valence-electron chi connectivity index (χ2n) is 2.01. The first-order valence-corrected chi connectivity index (χ1v) is 3.46. The standard InChI is InChI=1S/C9H14O/c1-3-4-5-6-7-8-9(2)10/h4-5,7-8,10H,2-3,6H2,1H3/b5-4-,8-7-. The van der Waals surface area contributed by atoms with E-state index < -0.39 is 0 Å². The fourth-order valence-corrected chi connectivity index (χ4v) is 0.546. The van der Waals surface area contributed by atoms with E-state index in [0.29, 0.717) is 0 Å². The van der Waals surface area contributed by atoms with Crippen molar-refractivity contribution in [3.8, 4) is 0 Å². The molecule has 0 fully saturated rings. The Morgan fingerprint density at radius 1 is 1.40 bits per heavy atom. The number of hydrogen-bond acceptors (Lipinski definition) is 1. The van der Waals surface area contributed by atoms with Crippen LogP contribution in [0.25, 0.3) is 0 Å². The minimum atomic E-state index is 0.116. The van der Waals surface area contributed by atoms with E-state index in [4.69, 9.17) is 5.11 Å². The molecule has 1 nitrogen and oxygen atoms in total. The van der Waals surface area contributed by atoms with Gasteiger partial charge < -0.3 is 5.11 Å². The van der Waals surface area contributed by atoms with Gasteiger partial charge in [-0.3, -0.25) is 0 Å². The number of allylic oxidation sites excluding steroid dienone is 4. The highest BCUT2D eigenvalue weighted by atomic mass is 16.3. The summed E-state index contributed by atoms with van der Waals surface area (Å²) in [5.74, 6) is 0.116. The van der Waals surface area contributed by atoms with Crippen molar-refractivity contribution in [2.45, 2.75) is 19.8 Å². The van der Waals surface area contributed by atoms with E-state index in [9.17, 15) is 0 Å². The third-order valence-corrected chi connectivity index (χ3v) is 0.985. The van der Waals surface area contributed by atoms with E-state index in [1.54, 1.807) is 6.08 Å². The maximum atomic E-state index is 8.60. The molecule has 0 aromatic carbocycles. The maximum absolute atomic E-state index is 8.60. The first-order valence-electron chi connectivity index (χ1n) is 3.46. The highest BCUT2D eigenvalue weighted by Gasteiger charge is 1.73. The van der Waals surface area contributed by atoms with Gasteiger partial charge in [0.15, 0.2) is 0 Å². The summed E-state index contributed by atoms with van der Waals surface area (Å²) in [6.07, 6.45) is 9.54. The van der Waals surface area contributed by atoms with Crippen LogP contribution in [0.3, 0.4) is 0 Å². The van der Waals surface area contributed by atoms with Gasteiger partial charge in [-0.05, 0) is 18.9 Å². The van der Waals surface area contributed by atoms with Gasteiger partial charge in [0.1, 0.15) is 5.76 Å². The van der Waals surface area contributed by atoms with Crippen LogP contribution in [0.4, 0.5) is 0 Å². The summed E-state index contributed by atoms with van der Waals surface area (Å²) in [5.41, 5.74) is 0. The zero-order chi connectivity index (χ0) is 7.82. The summed E-state index contributed by atoms with van der Waals surface area (Å²) < 4.78 is 0. The van der Waals surface area contributed by atoms with Crippen molar-refractivity contribution in [1.29, 1.82) is 0 Å². The predicted octanol–water partition coefficient (Wildman–Crippen LogP) is 2.97. The van der Waals surface area contributed by atoms with E-state index >= 15 is 0 Å². The fraction of sp³-hybridized carbons (Fsp3) is 0.333. The molecular weight excluding hydrogens is 124 g/mol. The molecule has 0 aliphatic carbocycles. The zero-order valence-electron chi connectivity index (χ0n) is 6.38. The second-order valence-corrected chi connectivity index (χ2v) is 2.01. The van der Waals surface area contributed by atoms with Crippen molar-refractivity contribution in [2.75, 3.05) is 0 Å². The average molecular weight is 138 g/mol. The topological polar surface area (TPSA) is 20.2 Å². The lowest BCUT2D eigenvalue weighted by atomic mass is 10.3. The number of aliphatic hydroxyl groups excluding tert-OH is 1. The summed E-state index contributed by atoms with van der Waals surface area (Å²) in [6.45, 7) is 5.41. The average Bonchev–Trinajstić information content (AvgIpc) is 1.87. The molecule has 0 amide bonds. The van der Waals surface area contributed by atoms with E-state index in [-0.39, 0.29) is 5.76 Å². The Bertz CT molecular complexity index is 143. The molecule has 10 heavy (non-hydrogen) atoms. The minimum Gasteiger partial charge on any atom is -0.509 e. The van der Waals surface area contributed by atoms with E-state index in [1.807, 2.05) is 6.08 Å². The molecule has 0 aromatic heterocycles. The molecule has 0 atom stereocenters.